The number of rotatable bonds is 1. The summed E-state index contributed by atoms with van der Waals surface area (Å²) in [5, 5.41) is 3.40. The van der Waals surface area contributed by atoms with E-state index in [1.165, 1.54) is 35.2 Å². The van der Waals surface area contributed by atoms with Gasteiger partial charge >= 0.3 is 0 Å². The number of aromatic nitrogens is 3. The van der Waals surface area contributed by atoms with E-state index in [0.717, 1.165) is 28.8 Å². The monoisotopic (exact) mass is 295 g/mol. The summed E-state index contributed by atoms with van der Waals surface area (Å²) in [4.78, 5) is 4.81. The highest BCUT2D eigenvalue weighted by molar-refractivity contribution is 7.71. The molecular weight excluding hydrogens is 278 g/mol. The number of nitrogens with zero attached hydrogens (tertiary/aromatic N) is 2. The van der Waals surface area contributed by atoms with Crippen LogP contribution < -0.4 is 0 Å². The third-order valence-electron chi connectivity index (χ3n) is 4.25. The molecule has 1 N–H and O–H groups in total. The van der Waals surface area contributed by atoms with E-state index < -0.39 is 0 Å². The maximum atomic E-state index is 5.66. The fraction of sp³-hybridized carbons (Fsp3) is 0.294. The molecule has 3 aromatic rings. The second-order valence-electron chi connectivity index (χ2n) is 5.78. The molecule has 4 heteroatoms. The fourth-order valence-corrected chi connectivity index (χ4v) is 3.40. The predicted octanol–water partition coefficient (Wildman–Crippen LogP) is 4.25. The Morgan fingerprint density at radius 3 is 2.71 bits per heavy atom. The molecule has 0 saturated carbocycles. The Kier molecular flexibility index (Phi) is 2.93. The lowest BCUT2D eigenvalue weighted by molar-refractivity contribution is 0.657. The van der Waals surface area contributed by atoms with Crippen LogP contribution in [-0.2, 0) is 12.8 Å². The topological polar surface area (TPSA) is 33.1 Å². The molecule has 2 heterocycles. The first-order chi connectivity index (χ1) is 10.2. The van der Waals surface area contributed by atoms with Crippen molar-refractivity contribution in [1.29, 1.82) is 0 Å². The molecule has 0 radical (unpaired) electrons. The first-order valence-corrected chi connectivity index (χ1v) is 7.84. The minimum Gasteiger partial charge on any atom is -0.291 e. The number of hydrogen-bond donors (Lipinski definition) is 1. The van der Waals surface area contributed by atoms with E-state index in [0.29, 0.717) is 0 Å². The number of H-pyrrole nitrogens is 1. The largest absolute Gasteiger partial charge is 0.291 e. The molecule has 0 fully saturated rings. The standard InChI is InChI=1S/C17H17N3S/c1-11-6-8-12(9-7-11)15-10-16-18-14-5-3-2-4-13(14)17(21)20(16)19-15/h6-10,19H,2-5H2,1H3. The highest BCUT2D eigenvalue weighted by Gasteiger charge is 2.15. The van der Waals surface area contributed by atoms with Crippen LogP contribution in [0.5, 0.6) is 0 Å². The molecule has 2 aromatic heterocycles. The summed E-state index contributed by atoms with van der Waals surface area (Å²) < 4.78 is 2.85. The lowest BCUT2D eigenvalue weighted by atomic mass is 9.97. The van der Waals surface area contributed by atoms with Crippen molar-refractivity contribution in [2.75, 3.05) is 0 Å². The molecule has 3 nitrogen and oxygen atoms in total. The lowest BCUT2D eigenvalue weighted by Gasteiger charge is -2.14. The van der Waals surface area contributed by atoms with Gasteiger partial charge in [0.15, 0.2) is 5.65 Å². The smallest absolute Gasteiger partial charge is 0.155 e. The molecule has 0 amide bonds. The van der Waals surface area contributed by atoms with Crippen LogP contribution in [-0.4, -0.2) is 14.6 Å². The summed E-state index contributed by atoms with van der Waals surface area (Å²) in [5.41, 5.74) is 6.87. The van der Waals surface area contributed by atoms with Crippen LogP contribution in [0.2, 0.25) is 0 Å². The van der Waals surface area contributed by atoms with E-state index in [2.05, 4.69) is 42.4 Å². The second kappa shape index (κ2) is 4.81. The van der Waals surface area contributed by atoms with Gasteiger partial charge in [0.1, 0.15) is 4.64 Å². The van der Waals surface area contributed by atoms with Gasteiger partial charge < -0.3 is 0 Å². The van der Waals surface area contributed by atoms with Gasteiger partial charge in [0.25, 0.3) is 0 Å². The van der Waals surface area contributed by atoms with E-state index in [9.17, 15) is 0 Å². The molecule has 21 heavy (non-hydrogen) atoms. The van der Waals surface area contributed by atoms with Gasteiger partial charge in [0.05, 0.1) is 5.69 Å². The van der Waals surface area contributed by atoms with Gasteiger partial charge in [-0.1, -0.05) is 42.0 Å². The van der Waals surface area contributed by atoms with Crippen molar-refractivity contribution < 1.29 is 0 Å². The van der Waals surface area contributed by atoms with Gasteiger partial charge in [0, 0.05) is 17.3 Å². The Hall–Kier alpha value is -1.94. The summed E-state index contributed by atoms with van der Waals surface area (Å²) >= 11 is 5.66. The van der Waals surface area contributed by atoms with Crippen LogP contribution in [0.1, 0.15) is 29.7 Å². The summed E-state index contributed by atoms with van der Waals surface area (Å²) in [7, 11) is 0. The van der Waals surface area contributed by atoms with Crippen molar-refractivity contribution in [1.82, 2.24) is 14.6 Å². The van der Waals surface area contributed by atoms with E-state index >= 15 is 0 Å². The molecule has 0 atom stereocenters. The van der Waals surface area contributed by atoms with E-state index in [-0.39, 0.29) is 0 Å². The van der Waals surface area contributed by atoms with Crippen molar-refractivity contribution in [3.05, 3.63) is 51.8 Å². The molecule has 1 aliphatic carbocycles. The fourth-order valence-electron chi connectivity index (χ4n) is 3.04. The van der Waals surface area contributed by atoms with Crippen molar-refractivity contribution >= 4 is 17.9 Å². The number of hydrogen-bond acceptors (Lipinski definition) is 2. The Morgan fingerprint density at radius 2 is 1.90 bits per heavy atom. The average Bonchev–Trinajstić information content (AvgIpc) is 2.92. The van der Waals surface area contributed by atoms with Crippen LogP contribution in [0.15, 0.2) is 30.3 Å². The Balaban J connectivity index is 1.92. The zero-order valence-electron chi connectivity index (χ0n) is 12.0. The molecule has 1 aromatic carbocycles. The molecule has 1 aliphatic rings. The van der Waals surface area contributed by atoms with Gasteiger partial charge in [0.2, 0.25) is 0 Å². The van der Waals surface area contributed by atoms with Crippen LogP contribution >= 0.6 is 12.2 Å². The second-order valence-corrected chi connectivity index (χ2v) is 6.17. The maximum Gasteiger partial charge on any atom is 0.155 e. The van der Waals surface area contributed by atoms with Gasteiger partial charge in [-0.25, -0.2) is 9.50 Å². The minimum atomic E-state index is 0.896. The van der Waals surface area contributed by atoms with Crippen LogP contribution in [0.25, 0.3) is 16.9 Å². The summed E-state index contributed by atoms with van der Waals surface area (Å²) in [6, 6.07) is 10.6. The SMILES string of the molecule is Cc1ccc(-c2cc3nc4c(c(=S)n3[nH]2)CCCC4)cc1. The molecule has 0 unspecified atom stereocenters. The minimum absolute atomic E-state index is 0.896. The Bertz CT molecular complexity index is 871. The van der Waals surface area contributed by atoms with Gasteiger partial charge in [-0.15, -0.1) is 0 Å². The van der Waals surface area contributed by atoms with Crippen LogP contribution in [0.3, 0.4) is 0 Å². The van der Waals surface area contributed by atoms with Gasteiger partial charge in [-0.05, 0) is 38.2 Å². The van der Waals surface area contributed by atoms with Crippen molar-refractivity contribution in [2.24, 2.45) is 0 Å². The summed E-state index contributed by atoms with van der Waals surface area (Å²) in [6.45, 7) is 2.10. The molecule has 0 spiro atoms. The number of benzene rings is 1. The van der Waals surface area contributed by atoms with Crippen molar-refractivity contribution in [3.8, 4) is 11.3 Å². The normalized spacial score (nSPS) is 14.3. The number of aryl methyl sites for hydroxylation is 2. The third kappa shape index (κ3) is 2.10. The molecule has 4 rings (SSSR count). The first-order valence-electron chi connectivity index (χ1n) is 7.43. The molecule has 0 saturated heterocycles. The highest BCUT2D eigenvalue weighted by atomic mass is 32.1. The van der Waals surface area contributed by atoms with Gasteiger partial charge in [-0.3, -0.25) is 5.10 Å². The Labute approximate surface area is 128 Å². The zero-order valence-corrected chi connectivity index (χ0v) is 12.8. The van der Waals surface area contributed by atoms with Crippen molar-refractivity contribution in [2.45, 2.75) is 32.6 Å². The van der Waals surface area contributed by atoms with E-state index in [1.54, 1.807) is 0 Å². The number of aromatic amines is 1. The van der Waals surface area contributed by atoms with E-state index in [4.69, 9.17) is 17.2 Å². The van der Waals surface area contributed by atoms with Crippen LogP contribution in [0.4, 0.5) is 0 Å². The molecule has 0 bridgehead atoms. The quantitative estimate of drug-likeness (QED) is 0.681. The third-order valence-corrected chi connectivity index (χ3v) is 4.68. The average molecular weight is 295 g/mol. The number of nitrogens with one attached hydrogen (secondary N) is 1. The van der Waals surface area contributed by atoms with Gasteiger partial charge in [-0.2, -0.15) is 0 Å². The van der Waals surface area contributed by atoms with E-state index in [1.807, 2.05) is 4.52 Å². The zero-order chi connectivity index (χ0) is 14.4. The predicted molar refractivity (Wildman–Crippen MR) is 87.2 cm³/mol. The first kappa shape index (κ1) is 12.8. The van der Waals surface area contributed by atoms with Crippen molar-refractivity contribution in [3.63, 3.8) is 0 Å². The summed E-state index contributed by atoms with van der Waals surface area (Å²) in [5.74, 6) is 0. The Morgan fingerprint density at radius 1 is 1.14 bits per heavy atom. The highest BCUT2D eigenvalue weighted by Crippen LogP contribution is 2.24. The number of fused-ring (bicyclic) bond motifs is 2. The maximum absolute atomic E-state index is 5.66. The van der Waals surface area contributed by atoms with Crippen LogP contribution in [0, 0.1) is 11.6 Å². The molecular formula is C17H17N3S. The lowest BCUT2D eigenvalue weighted by Crippen LogP contribution is -2.09. The molecule has 106 valence electrons. The molecule has 0 aliphatic heterocycles. The summed E-state index contributed by atoms with van der Waals surface area (Å²) in [6.07, 6.45) is 4.56.